The first kappa shape index (κ1) is 17.5. The van der Waals surface area contributed by atoms with Gasteiger partial charge < -0.3 is 0 Å². The van der Waals surface area contributed by atoms with Crippen LogP contribution in [0.3, 0.4) is 0 Å². The average Bonchev–Trinajstić information content (AvgIpc) is 2.83. The van der Waals surface area contributed by atoms with Gasteiger partial charge in [-0.05, 0) is 51.4 Å². The van der Waals surface area contributed by atoms with Gasteiger partial charge in [-0.15, -0.1) is 0 Å². The highest BCUT2D eigenvalue weighted by atomic mass is 79.9. The van der Waals surface area contributed by atoms with Crippen molar-refractivity contribution in [3.8, 4) is 0 Å². The van der Waals surface area contributed by atoms with Crippen LogP contribution < -0.4 is 0 Å². The van der Waals surface area contributed by atoms with Gasteiger partial charge in [-0.3, -0.25) is 4.79 Å². The first-order valence-corrected chi connectivity index (χ1v) is 10.0. The predicted octanol–water partition coefficient (Wildman–Crippen LogP) is 6.29. The summed E-state index contributed by atoms with van der Waals surface area (Å²) in [6.45, 7) is 4.10. The van der Waals surface area contributed by atoms with Gasteiger partial charge in [0.15, 0.2) is 5.78 Å². The van der Waals surface area contributed by atoms with E-state index in [4.69, 9.17) is 0 Å². The Hall–Kier alpha value is 0.150. The van der Waals surface area contributed by atoms with Gasteiger partial charge in [0.05, 0.1) is 4.32 Å². The average molecular weight is 357 g/mol. The maximum absolute atomic E-state index is 13.1. The Bertz CT molecular complexity index is 295. The fourth-order valence-electron chi connectivity index (χ4n) is 4.55. The molecule has 0 bridgehead atoms. The van der Waals surface area contributed by atoms with E-state index < -0.39 is 0 Å². The molecule has 0 heterocycles. The fourth-order valence-corrected chi connectivity index (χ4v) is 4.81. The van der Waals surface area contributed by atoms with Crippen molar-refractivity contribution in [3.63, 3.8) is 0 Å². The molecule has 2 fully saturated rings. The van der Waals surface area contributed by atoms with E-state index in [0.29, 0.717) is 23.5 Å². The van der Waals surface area contributed by atoms with Crippen molar-refractivity contribution in [2.75, 3.05) is 0 Å². The molecular weight excluding hydrogens is 324 g/mol. The van der Waals surface area contributed by atoms with Gasteiger partial charge >= 0.3 is 0 Å². The van der Waals surface area contributed by atoms with E-state index in [-0.39, 0.29) is 4.32 Å². The molecule has 0 amide bonds. The number of alkyl halides is 1. The van der Waals surface area contributed by atoms with Crippen molar-refractivity contribution in [2.45, 2.75) is 95.2 Å². The quantitative estimate of drug-likeness (QED) is 0.427. The number of hydrogen-bond donors (Lipinski definition) is 0. The summed E-state index contributed by atoms with van der Waals surface area (Å²) in [7, 11) is 0. The molecule has 2 rings (SSSR count). The Morgan fingerprint density at radius 3 is 1.43 bits per heavy atom. The summed E-state index contributed by atoms with van der Waals surface area (Å²) < 4.78 is -0.351. The molecule has 122 valence electrons. The van der Waals surface area contributed by atoms with Crippen molar-refractivity contribution in [2.24, 2.45) is 17.8 Å². The molecule has 1 nitrogen and oxygen atoms in total. The highest BCUT2D eigenvalue weighted by Crippen LogP contribution is 2.42. The number of hydrogen-bond acceptors (Lipinski definition) is 1. The molecule has 0 unspecified atom stereocenters. The SMILES string of the molecule is CC(C)(Br)C(=O)C(C1CCCCCC1)C1CCCCCC1. The Morgan fingerprint density at radius 1 is 0.810 bits per heavy atom. The van der Waals surface area contributed by atoms with Crippen LogP contribution >= 0.6 is 15.9 Å². The Kier molecular flexibility index (Phi) is 6.78. The smallest absolute Gasteiger partial charge is 0.152 e. The number of rotatable bonds is 4. The summed E-state index contributed by atoms with van der Waals surface area (Å²) in [6, 6.07) is 0. The molecular formula is C19H33BrO. The van der Waals surface area contributed by atoms with Crippen LogP contribution in [0.5, 0.6) is 0 Å². The van der Waals surface area contributed by atoms with Crippen LogP contribution in [-0.4, -0.2) is 10.1 Å². The van der Waals surface area contributed by atoms with Gasteiger partial charge in [-0.25, -0.2) is 0 Å². The lowest BCUT2D eigenvalue weighted by atomic mass is 9.70. The van der Waals surface area contributed by atoms with Crippen molar-refractivity contribution >= 4 is 21.7 Å². The standard InChI is InChI=1S/C19H33BrO/c1-19(2,20)18(21)17(15-11-7-3-4-8-12-15)16-13-9-5-6-10-14-16/h15-17H,3-14H2,1-2H3. The molecule has 2 saturated carbocycles. The maximum Gasteiger partial charge on any atom is 0.152 e. The second-order valence-electron chi connectivity index (χ2n) is 7.87. The van der Waals surface area contributed by atoms with Crippen LogP contribution in [0.4, 0.5) is 0 Å². The molecule has 0 aliphatic heterocycles. The molecule has 0 N–H and O–H groups in total. The predicted molar refractivity (Wildman–Crippen MR) is 93.9 cm³/mol. The van der Waals surface area contributed by atoms with E-state index in [1.807, 2.05) is 0 Å². The van der Waals surface area contributed by atoms with Gasteiger partial charge in [0, 0.05) is 5.92 Å². The minimum absolute atomic E-state index is 0.315. The fraction of sp³-hybridized carbons (Fsp3) is 0.947. The van der Waals surface area contributed by atoms with Gasteiger partial charge in [0.2, 0.25) is 0 Å². The number of carbonyl (C=O) groups is 1. The monoisotopic (exact) mass is 356 g/mol. The molecule has 0 radical (unpaired) electrons. The molecule has 2 aliphatic carbocycles. The largest absolute Gasteiger partial charge is 0.298 e. The van der Waals surface area contributed by atoms with Crippen molar-refractivity contribution < 1.29 is 4.79 Å². The summed E-state index contributed by atoms with van der Waals surface area (Å²) >= 11 is 3.67. The van der Waals surface area contributed by atoms with Crippen LogP contribution in [0.2, 0.25) is 0 Å². The lowest BCUT2D eigenvalue weighted by Crippen LogP contribution is -2.40. The zero-order chi connectivity index (χ0) is 15.3. The summed E-state index contributed by atoms with van der Waals surface area (Å²) in [5, 5.41) is 0. The van der Waals surface area contributed by atoms with Gasteiger partial charge in [0.25, 0.3) is 0 Å². The molecule has 0 aromatic carbocycles. The van der Waals surface area contributed by atoms with Crippen molar-refractivity contribution in [1.29, 1.82) is 0 Å². The maximum atomic E-state index is 13.1. The highest BCUT2D eigenvalue weighted by molar-refractivity contribution is 9.10. The molecule has 2 heteroatoms. The number of carbonyl (C=O) groups excluding carboxylic acids is 1. The highest BCUT2D eigenvalue weighted by Gasteiger charge is 2.40. The van der Waals surface area contributed by atoms with Gasteiger partial charge in [-0.2, -0.15) is 0 Å². The van der Waals surface area contributed by atoms with Crippen LogP contribution in [-0.2, 0) is 4.79 Å². The summed E-state index contributed by atoms with van der Waals surface area (Å²) in [4.78, 5) is 13.1. The van der Waals surface area contributed by atoms with E-state index in [0.717, 1.165) is 0 Å². The molecule has 0 saturated heterocycles. The summed E-state index contributed by atoms with van der Waals surface area (Å²) in [5.74, 6) is 2.11. The Morgan fingerprint density at radius 2 is 1.14 bits per heavy atom. The second kappa shape index (κ2) is 8.13. The number of ketones is 1. The number of halogens is 1. The van der Waals surface area contributed by atoms with Crippen molar-refractivity contribution in [1.82, 2.24) is 0 Å². The minimum Gasteiger partial charge on any atom is -0.298 e. The molecule has 21 heavy (non-hydrogen) atoms. The zero-order valence-corrected chi connectivity index (χ0v) is 15.6. The lowest BCUT2D eigenvalue weighted by molar-refractivity contribution is -0.128. The van der Waals surface area contributed by atoms with E-state index >= 15 is 0 Å². The lowest BCUT2D eigenvalue weighted by Gasteiger charge is -2.35. The van der Waals surface area contributed by atoms with E-state index in [2.05, 4.69) is 29.8 Å². The van der Waals surface area contributed by atoms with Crippen LogP contribution in [0, 0.1) is 17.8 Å². The van der Waals surface area contributed by atoms with Gasteiger partial charge in [-0.1, -0.05) is 67.3 Å². The third-order valence-electron chi connectivity index (χ3n) is 5.70. The third kappa shape index (κ3) is 5.08. The Balaban J connectivity index is 2.17. The summed E-state index contributed by atoms with van der Waals surface area (Å²) in [5.41, 5.74) is 0. The van der Waals surface area contributed by atoms with Gasteiger partial charge in [0.1, 0.15) is 0 Å². The molecule has 0 atom stereocenters. The van der Waals surface area contributed by atoms with E-state index in [1.165, 1.54) is 77.0 Å². The van der Waals surface area contributed by atoms with E-state index in [9.17, 15) is 4.79 Å². The minimum atomic E-state index is -0.351. The molecule has 0 aromatic heterocycles. The van der Waals surface area contributed by atoms with Crippen LogP contribution in [0.25, 0.3) is 0 Å². The second-order valence-corrected chi connectivity index (χ2v) is 9.85. The third-order valence-corrected chi connectivity index (χ3v) is 6.09. The molecule has 0 aromatic rings. The normalized spacial score (nSPS) is 23.8. The number of Topliss-reactive ketones (excluding diaryl/α,β-unsaturated/α-hetero) is 1. The molecule has 0 spiro atoms. The zero-order valence-electron chi connectivity index (χ0n) is 14.0. The Labute approximate surface area is 139 Å². The van der Waals surface area contributed by atoms with Crippen molar-refractivity contribution in [3.05, 3.63) is 0 Å². The van der Waals surface area contributed by atoms with E-state index in [1.54, 1.807) is 0 Å². The topological polar surface area (TPSA) is 17.1 Å². The first-order valence-electron chi connectivity index (χ1n) is 9.23. The van der Waals surface area contributed by atoms with Crippen LogP contribution in [0.1, 0.15) is 90.9 Å². The van der Waals surface area contributed by atoms with Crippen LogP contribution in [0.15, 0.2) is 0 Å². The molecule has 2 aliphatic rings. The summed E-state index contributed by atoms with van der Waals surface area (Å²) in [6.07, 6.45) is 16.0. The first-order chi connectivity index (χ1) is 10.00.